The molecule has 0 unspecified atom stereocenters. The average molecular weight is 333 g/mol. The molecule has 1 aliphatic carbocycles. The fourth-order valence-corrected chi connectivity index (χ4v) is 3.77. The maximum Gasteiger partial charge on any atom is 0.267 e. The smallest absolute Gasteiger partial charge is 0.267 e. The molecule has 1 saturated carbocycles. The van der Waals surface area contributed by atoms with Crippen LogP contribution in [0.2, 0.25) is 0 Å². The third-order valence-electron chi connectivity index (χ3n) is 4.62. The van der Waals surface area contributed by atoms with E-state index in [1.54, 1.807) is 16.9 Å². The summed E-state index contributed by atoms with van der Waals surface area (Å²) in [6, 6.07) is 2.30. The van der Waals surface area contributed by atoms with Crippen molar-refractivity contribution in [1.29, 1.82) is 0 Å². The van der Waals surface area contributed by atoms with Crippen molar-refractivity contribution in [2.24, 2.45) is 0 Å². The molecule has 1 aliphatic heterocycles. The zero-order valence-corrected chi connectivity index (χ0v) is 13.6. The minimum Gasteiger partial charge on any atom is -0.376 e. The molecule has 0 amide bonds. The Balaban J connectivity index is 1.45. The largest absolute Gasteiger partial charge is 0.376 e. The van der Waals surface area contributed by atoms with Crippen molar-refractivity contribution in [3.8, 4) is 0 Å². The van der Waals surface area contributed by atoms with Crippen molar-refractivity contribution in [1.82, 2.24) is 18.5 Å². The molecule has 0 saturated heterocycles. The Labute approximate surface area is 138 Å². The van der Waals surface area contributed by atoms with E-state index >= 15 is 0 Å². The first-order valence-electron chi connectivity index (χ1n) is 8.03. The SMILES string of the molecule is O=c1cc2c(nn1C1CCC(Nc3cnsn3)CC1)CCOC2. The van der Waals surface area contributed by atoms with Crippen molar-refractivity contribution < 1.29 is 4.74 Å². The molecule has 1 fully saturated rings. The van der Waals surface area contributed by atoms with Crippen LogP contribution in [0.3, 0.4) is 0 Å². The van der Waals surface area contributed by atoms with Gasteiger partial charge in [0.1, 0.15) is 0 Å². The van der Waals surface area contributed by atoms with Gasteiger partial charge in [-0.05, 0) is 25.7 Å². The standard InChI is InChI=1S/C15H19N5O2S/c21-15-7-10-9-22-6-5-13(10)18-20(15)12-3-1-11(2-4-12)17-14-8-16-23-19-14/h7-8,11-12H,1-6,9H2,(H,17,19). The number of rotatable bonds is 3. The molecule has 3 heterocycles. The van der Waals surface area contributed by atoms with Crippen molar-refractivity contribution in [3.63, 3.8) is 0 Å². The molecular weight excluding hydrogens is 314 g/mol. The van der Waals surface area contributed by atoms with Gasteiger partial charge in [-0.3, -0.25) is 4.79 Å². The molecule has 0 atom stereocenters. The third kappa shape index (κ3) is 3.13. The van der Waals surface area contributed by atoms with Gasteiger partial charge in [0.25, 0.3) is 5.56 Å². The van der Waals surface area contributed by atoms with Crippen molar-refractivity contribution in [2.45, 2.75) is 50.8 Å². The zero-order chi connectivity index (χ0) is 15.6. The zero-order valence-electron chi connectivity index (χ0n) is 12.8. The summed E-state index contributed by atoms with van der Waals surface area (Å²) in [7, 11) is 0. The fourth-order valence-electron chi connectivity index (χ4n) is 3.39. The minimum absolute atomic E-state index is 0.00522. The summed E-state index contributed by atoms with van der Waals surface area (Å²) in [5.74, 6) is 0.850. The Morgan fingerprint density at radius 3 is 2.96 bits per heavy atom. The lowest BCUT2D eigenvalue weighted by Gasteiger charge is -2.30. The molecule has 1 N–H and O–H groups in total. The first-order chi connectivity index (χ1) is 11.3. The highest BCUT2D eigenvalue weighted by Crippen LogP contribution is 2.29. The van der Waals surface area contributed by atoms with Gasteiger partial charge in [0.2, 0.25) is 0 Å². The van der Waals surface area contributed by atoms with Crippen LogP contribution in [0.4, 0.5) is 5.82 Å². The summed E-state index contributed by atoms with van der Waals surface area (Å²) in [5.41, 5.74) is 1.96. The second kappa shape index (κ2) is 6.37. The van der Waals surface area contributed by atoms with Gasteiger partial charge in [0.15, 0.2) is 5.82 Å². The van der Waals surface area contributed by atoms with Crippen molar-refractivity contribution in [2.75, 3.05) is 11.9 Å². The molecule has 7 nitrogen and oxygen atoms in total. The van der Waals surface area contributed by atoms with Gasteiger partial charge in [-0.1, -0.05) is 0 Å². The molecule has 23 heavy (non-hydrogen) atoms. The van der Waals surface area contributed by atoms with E-state index in [0.29, 0.717) is 19.3 Å². The van der Waals surface area contributed by atoms with Gasteiger partial charge < -0.3 is 10.1 Å². The number of hydrogen-bond acceptors (Lipinski definition) is 7. The molecule has 0 spiro atoms. The maximum atomic E-state index is 12.3. The molecule has 122 valence electrons. The Morgan fingerprint density at radius 2 is 2.17 bits per heavy atom. The highest BCUT2D eigenvalue weighted by Gasteiger charge is 2.25. The second-order valence-electron chi connectivity index (χ2n) is 6.14. The van der Waals surface area contributed by atoms with Crippen LogP contribution in [-0.2, 0) is 17.8 Å². The maximum absolute atomic E-state index is 12.3. The van der Waals surface area contributed by atoms with E-state index in [1.807, 2.05) is 0 Å². The van der Waals surface area contributed by atoms with Crippen LogP contribution >= 0.6 is 11.7 Å². The van der Waals surface area contributed by atoms with Crippen LogP contribution < -0.4 is 10.9 Å². The molecule has 2 aromatic rings. The summed E-state index contributed by atoms with van der Waals surface area (Å²) >= 11 is 1.21. The highest BCUT2D eigenvalue weighted by atomic mass is 32.1. The van der Waals surface area contributed by atoms with Crippen molar-refractivity contribution >= 4 is 17.5 Å². The van der Waals surface area contributed by atoms with Gasteiger partial charge in [-0.2, -0.15) is 13.8 Å². The van der Waals surface area contributed by atoms with Crippen LogP contribution in [0, 0.1) is 0 Å². The lowest BCUT2D eigenvalue weighted by atomic mass is 9.91. The van der Waals surface area contributed by atoms with Gasteiger partial charge in [0.05, 0.1) is 42.9 Å². The Kier molecular flexibility index (Phi) is 4.09. The number of hydrogen-bond donors (Lipinski definition) is 1. The van der Waals surface area contributed by atoms with Crippen LogP contribution in [0.1, 0.15) is 43.0 Å². The predicted octanol–water partition coefficient (Wildman–Crippen LogP) is 1.76. The summed E-state index contributed by atoms with van der Waals surface area (Å²) in [6.07, 6.45) is 6.49. The van der Waals surface area contributed by atoms with Gasteiger partial charge in [-0.15, -0.1) is 0 Å². The van der Waals surface area contributed by atoms with E-state index in [0.717, 1.165) is 49.2 Å². The molecule has 4 rings (SSSR count). The quantitative estimate of drug-likeness (QED) is 0.922. The number of nitrogens with one attached hydrogen (secondary N) is 1. The first kappa shape index (κ1) is 14.8. The summed E-state index contributed by atoms with van der Waals surface area (Å²) in [5, 5.41) is 8.03. The monoisotopic (exact) mass is 333 g/mol. The Hall–Kier alpha value is -1.80. The summed E-state index contributed by atoms with van der Waals surface area (Å²) < 4.78 is 15.3. The molecule has 2 aliphatic rings. The number of ether oxygens (including phenoxy) is 1. The van der Waals surface area contributed by atoms with E-state index < -0.39 is 0 Å². The molecule has 0 radical (unpaired) electrons. The number of nitrogens with zero attached hydrogens (tertiary/aromatic N) is 4. The fraction of sp³-hybridized carbons (Fsp3) is 0.600. The second-order valence-corrected chi connectivity index (χ2v) is 6.70. The topological polar surface area (TPSA) is 81.9 Å². The lowest BCUT2D eigenvalue weighted by molar-refractivity contribution is 0.107. The predicted molar refractivity (Wildman–Crippen MR) is 86.7 cm³/mol. The molecule has 0 aromatic carbocycles. The Bertz CT molecular complexity index is 722. The van der Waals surface area contributed by atoms with E-state index in [-0.39, 0.29) is 11.6 Å². The molecule has 0 bridgehead atoms. The van der Waals surface area contributed by atoms with Gasteiger partial charge >= 0.3 is 0 Å². The van der Waals surface area contributed by atoms with Gasteiger partial charge in [-0.25, -0.2) is 4.68 Å². The number of fused-ring (bicyclic) bond motifs is 1. The van der Waals surface area contributed by atoms with Crippen LogP contribution in [0.25, 0.3) is 0 Å². The third-order valence-corrected chi connectivity index (χ3v) is 5.10. The molecular formula is C15H19N5O2S. The molecule has 8 heteroatoms. The first-order valence-corrected chi connectivity index (χ1v) is 8.76. The van der Waals surface area contributed by atoms with E-state index in [9.17, 15) is 4.79 Å². The van der Waals surface area contributed by atoms with E-state index in [2.05, 4.69) is 19.2 Å². The Morgan fingerprint density at radius 1 is 1.30 bits per heavy atom. The number of anilines is 1. The van der Waals surface area contributed by atoms with E-state index in [1.165, 1.54) is 11.7 Å². The van der Waals surface area contributed by atoms with E-state index in [4.69, 9.17) is 4.74 Å². The van der Waals surface area contributed by atoms with Crippen molar-refractivity contribution in [3.05, 3.63) is 33.9 Å². The van der Waals surface area contributed by atoms with Crippen LogP contribution in [0.15, 0.2) is 17.1 Å². The van der Waals surface area contributed by atoms with Gasteiger partial charge in [0, 0.05) is 24.1 Å². The lowest BCUT2D eigenvalue weighted by Crippen LogP contribution is -2.35. The highest BCUT2D eigenvalue weighted by molar-refractivity contribution is 6.99. The van der Waals surface area contributed by atoms with Crippen LogP contribution in [0.5, 0.6) is 0 Å². The van der Waals surface area contributed by atoms with Crippen LogP contribution in [-0.4, -0.2) is 31.2 Å². The minimum atomic E-state index is -0.00522. The normalized spacial score (nSPS) is 24.2. The summed E-state index contributed by atoms with van der Waals surface area (Å²) in [6.45, 7) is 1.20. The number of aromatic nitrogens is 4. The average Bonchev–Trinajstić information content (AvgIpc) is 3.08. The summed E-state index contributed by atoms with van der Waals surface area (Å²) in [4.78, 5) is 12.3. The molecule has 2 aromatic heterocycles.